The van der Waals surface area contributed by atoms with Gasteiger partial charge in [0, 0.05) is 11.3 Å². The van der Waals surface area contributed by atoms with Crippen molar-refractivity contribution in [1.82, 2.24) is 0 Å². The van der Waals surface area contributed by atoms with Gasteiger partial charge in [-0.05, 0) is 17.7 Å². The van der Waals surface area contributed by atoms with Crippen molar-refractivity contribution in [3.63, 3.8) is 0 Å². The molecule has 3 rings (SSSR count). The highest BCUT2D eigenvalue weighted by atomic mass is 16.3. The predicted octanol–water partition coefficient (Wildman–Crippen LogP) is 2.50. The van der Waals surface area contributed by atoms with E-state index in [9.17, 15) is 14.7 Å². The second-order valence-electron chi connectivity index (χ2n) is 5.25. The van der Waals surface area contributed by atoms with Gasteiger partial charge < -0.3 is 10.4 Å². The summed E-state index contributed by atoms with van der Waals surface area (Å²) >= 11 is 0. The van der Waals surface area contributed by atoms with E-state index in [-0.39, 0.29) is 12.2 Å². The Bertz CT molecular complexity index is 752. The normalized spacial score (nSPS) is 20.0. The van der Waals surface area contributed by atoms with Gasteiger partial charge in [-0.15, -0.1) is 0 Å². The van der Waals surface area contributed by atoms with Crippen molar-refractivity contribution in [3.8, 4) is 0 Å². The monoisotopic (exact) mass is 293 g/mol. The zero-order valence-corrected chi connectivity index (χ0v) is 11.8. The largest absolute Gasteiger partial charge is 0.375 e. The fraction of sp³-hybridized carbons (Fsp3) is 0.111. The first-order valence-electron chi connectivity index (χ1n) is 6.99. The SMILES string of the molecule is O=C(/C=C\c1ccccc1)C[C@]1(O)C(=O)Nc2ccccc21. The zero-order valence-electron chi connectivity index (χ0n) is 11.8. The number of hydrogen-bond donors (Lipinski definition) is 2. The van der Waals surface area contributed by atoms with Gasteiger partial charge in [-0.3, -0.25) is 9.59 Å². The van der Waals surface area contributed by atoms with Crippen LogP contribution < -0.4 is 5.32 Å². The molecule has 1 amide bonds. The summed E-state index contributed by atoms with van der Waals surface area (Å²) in [5, 5.41) is 13.2. The number of carbonyl (C=O) groups excluding carboxylic acids is 2. The molecular weight excluding hydrogens is 278 g/mol. The number of fused-ring (bicyclic) bond motifs is 1. The summed E-state index contributed by atoms with van der Waals surface area (Å²) in [5.41, 5.74) is 0.0877. The molecule has 110 valence electrons. The van der Waals surface area contributed by atoms with Crippen LogP contribution in [0, 0.1) is 0 Å². The highest BCUT2D eigenvalue weighted by Gasteiger charge is 2.46. The van der Waals surface area contributed by atoms with E-state index in [2.05, 4.69) is 5.32 Å². The minimum absolute atomic E-state index is 0.279. The maximum absolute atomic E-state index is 12.1. The molecule has 0 spiro atoms. The summed E-state index contributed by atoms with van der Waals surface area (Å²) in [6.45, 7) is 0. The van der Waals surface area contributed by atoms with Crippen LogP contribution in [0.15, 0.2) is 60.7 Å². The molecule has 0 unspecified atom stereocenters. The van der Waals surface area contributed by atoms with Crippen molar-refractivity contribution < 1.29 is 14.7 Å². The number of aliphatic hydroxyl groups is 1. The molecule has 0 fully saturated rings. The van der Waals surface area contributed by atoms with Crippen LogP contribution >= 0.6 is 0 Å². The van der Waals surface area contributed by atoms with Gasteiger partial charge >= 0.3 is 0 Å². The summed E-state index contributed by atoms with van der Waals surface area (Å²) in [7, 11) is 0. The lowest BCUT2D eigenvalue weighted by atomic mass is 9.90. The second kappa shape index (κ2) is 5.58. The Balaban J connectivity index is 1.79. The van der Waals surface area contributed by atoms with Gasteiger partial charge in [-0.25, -0.2) is 0 Å². The van der Waals surface area contributed by atoms with Crippen molar-refractivity contribution in [2.45, 2.75) is 12.0 Å². The van der Waals surface area contributed by atoms with Crippen molar-refractivity contribution in [1.29, 1.82) is 0 Å². The molecule has 0 aromatic heterocycles. The highest BCUT2D eigenvalue weighted by Crippen LogP contribution is 2.38. The van der Waals surface area contributed by atoms with Crippen LogP contribution in [0.2, 0.25) is 0 Å². The lowest BCUT2D eigenvalue weighted by Crippen LogP contribution is -2.36. The Kier molecular flexibility index (Phi) is 3.61. The van der Waals surface area contributed by atoms with Crippen LogP contribution in [0.25, 0.3) is 6.08 Å². The van der Waals surface area contributed by atoms with Crippen LogP contribution in [-0.2, 0) is 15.2 Å². The van der Waals surface area contributed by atoms with Crippen LogP contribution in [0.5, 0.6) is 0 Å². The summed E-state index contributed by atoms with van der Waals surface area (Å²) < 4.78 is 0. The fourth-order valence-electron chi connectivity index (χ4n) is 2.54. The van der Waals surface area contributed by atoms with Gasteiger partial charge in [0.15, 0.2) is 11.4 Å². The Hall–Kier alpha value is -2.72. The Labute approximate surface area is 128 Å². The number of rotatable bonds is 4. The molecule has 2 N–H and O–H groups in total. The number of nitrogens with one attached hydrogen (secondary N) is 1. The lowest BCUT2D eigenvalue weighted by Gasteiger charge is -2.18. The number of para-hydroxylation sites is 1. The van der Waals surface area contributed by atoms with Gasteiger partial charge in [-0.1, -0.05) is 54.6 Å². The molecule has 1 heterocycles. The van der Waals surface area contributed by atoms with Gasteiger partial charge in [-0.2, -0.15) is 0 Å². The van der Waals surface area contributed by atoms with Crippen LogP contribution in [0.4, 0.5) is 5.69 Å². The van der Waals surface area contributed by atoms with E-state index in [1.54, 1.807) is 30.3 Å². The number of carbonyl (C=O) groups is 2. The molecule has 0 saturated carbocycles. The molecule has 2 aromatic rings. The third kappa shape index (κ3) is 2.56. The fourth-order valence-corrected chi connectivity index (χ4v) is 2.54. The van der Waals surface area contributed by atoms with E-state index in [0.717, 1.165) is 5.56 Å². The van der Waals surface area contributed by atoms with E-state index in [1.165, 1.54) is 6.08 Å². The summed E-state index contributed by atoms with van der Waals surface area (Å²) in [5.74, 6) is -0.867. The lowest BCUT2D eigenvalue weighted by molar-refractivity contribution is -0.138. The van der Waals surface area contributed by atoms with Crippen LogP contribution in [0.3, 0.4) is 0 Å². The molecule has 1 aliphatic rings. The van der Waals surface area contributed by atoms with Crippen LogP contribution in [-0.4, -0.2) is 16.8 Å². The van der Waals surface area contributed by atoms with Crippen molar-refractivity contribution in [3.05, 3.63) is 71.8 Å². The first-order valence-corrected chi connectivity index (χ1v) is 6.99. The molecule has 0 radical (unpaired) electrons. The molecule has 0 saturated heterocycles. The van der Waals surface area contributed by atoms with Crippen molar-refractivity contribution >= 4 is 23.5 Å². The summed E-state index contributed by atoms with van der Waals surface area (Å²) in [6, 6.07) is 16.2. The van der Waals surface area contributed by atoms with E-state index < -0.39 is 11.5 Å². The molecular formula is C18H15NO3. The Morgan fingerprint density at radius 1 is 1.09 bits per heavy atom. The molecule has 0 aliphatic carbocycles. The third-order valence-corrected chi connectivity index (χ3v) is 3.69. The number of amides is 1. The maximum Gasteiger partial charge on any atom is 0.261 e. The van der Waals surface area contributed by atoms with E-state index in [0.29, 0.717) is 11.3 Å². The Morgan fingerprint density at radius 3 is 2.55 bits per heavy atom. The standard InChI is InChI=1S/C18H15NO3/c20-14(11-10-13-6-2-1-3-7-13)12-18(22)15-8-4-5-9-16(15)19-17(18)21/h1-11,22H,12H2,(H,19,21)/b11-10-/t18-/m1/s1. The molecule has 1 atom stereocenters. The molecule has 0 bridgehead atoms. The average molecular weight is 293 g/mol. The quantitative estimate of drug-likeness (QED) is 0.851. The molecule has 4 heteroatoms. The summed E-state index contributed by atoms with van der Waals surface area (Å²) in [4.78, 5) is 24.1. The van der Waals surface area contributed by atoms with Crippen LogP contribution in [0.1, 0.15) is 17.5 Å². The smallest absolute Gasteiger partial charge is 0.261 e. The first-order chi connectivity index (χ1) is 10.6. The van der Waals surface area contributed by atoms with Gasteiger partial charge in [0.2, 0.25) is 0 Å². The maximum atomic E-state index is 12.1. The number of hydrogen-bond acceptors (Lipinski definition) is 3. The highest BCUT2D eigenvalue weighted by molar-refractivity contribution is 6.08. The molecule has 1 aliphatic heterocycles. The van der Waals surface area contributed by atoms with E-state index >= 15 is 0 Å². The number of ketones is 1. The topological polar surface area (TPSA) is 66.4 Å². The third-order valence-electron chi connectivity index (χ3n) is 3.69. The van der Waals surface area contributed by atoms with E-state index in [1.807, 2.05) is 30.3 Å². The van der Waals surface area contributed by atoms with Crippen molar-refractivity contribution in [2.24, 2.45) is 0 Å². The summed E-state index contributed by atoms with van der Waals surface area (Å²) in [6.07, 6.45) is 2.78. The minimum Gasteiger partial charge on any atom is -0.375 e. The minimum atomic E-state index is -1.80. The second-order valence-corrected chi connectivity index (χ2v) is 5.25. The molecule has 4 nitrogen and oxygen atoms in total. The van der Waals surface area contributed by atoms with Crippen molar-refractivity contribution in [2.75, 3.05) is 5.32 Å². The number of anilines is 1. The van der Waals surface area contributed by atoms with E-state index in [4.69, 9.17) is 0 Å². The number of benzene rings is 2. The predicted molar refractivity (Wildman–Crippen MR) is 84.1 cm³/mol. The van der Waals surface area contributed by atoms with Gasteiger partial charge in [0.25, 0.3) is 5.91 Å². The molecule has 2 aromatic carbocycles. The zero-order chi connectivity index (χ0) is 15.6. The first kappa shape index (κ1) is 14.2. The average Bonchev–Trinajstić information content (AvgIpc) is 2.78. The van der Waals surface area contributed by atoms with Gasteiger partial charge in [0.1, 0.15) is 0 Å². The Morgan fingerprint density at radius 2 is 1.77 bits per heavy atom. The number of allylic oxidation sites excluding steroid dienone is 1. The molecule has 22 heavy (non-hydrogen) atoms. The van der Waals surface area contributed by atoms with Gasteiger partial charge in [0.05, 0.1) is 6.42 Å².